The summed E-state index contributed by atoms with van der Waals surface area (Å²) in [5.74, 6) is -1.99. The Morgan fingerprint density at radius 3 is 2.82 bits per heavy atom. The lowest BCUT2D eigenvalue weighted by Crippen LogP contribution is -2.43. The zero-order valence-corrected chi connectivity index (χ0v) is 12.6. The zero-order valence-electron chi connectivity index (χ0n) is 12.6. The molecule has 0 radical (unpaired) electrons. The second-order valence-corrected chi connectivity index (χ2v) is 5.46. The van der Waals surface area contributed by atoms with Gasteiger partial charge >= 0.3 is 5.97 Å². The predicted octanol–water partition coefficient (Wildman–Crippen LogP) is 0.362. The third kappa shape index (κ3) is 3.41. The summed E-state index contributed by atoms with van der Waals surface area (Å²) in [6.45, 7) is 2.11. The molecule has 1 fully saturated rings. The molecular weight excluding hydrogens is 286 g/mol. The Kier molecular flexibility index (Phi) is 4.75. The van der Waals surface area contributed by atoms with E-state index in [1.54, 1.807) is 17.2 Å². The Morgan fingerprint density at radius 2 is 2.23 bits per heavy atom. The minimum absolute atomic E-state index is 0.111. The van der Waals surface area contributed by atoms with E-state index in [2.05, 4.69) is 4.98 Å². The van der Waals surface area contributed by atoms with Crippen LogP contribution < -0.4 is 0 Å². The first kappa shape index (κ1) is 15.9. The van der Waals surface area contributed by atoms with Crippen LogP contribution >= 0.6 is 0 Å². The van der Waals surface area contributed by atoms with Crippen LogP contribution in [-0.2, 0) is 20.9 Å². The number of nitrogens with zero attached hydrogens (tertiary/aromatic N) is 3. The van der Waals surface area contributed by atoms with Crippen molar-refractivity contribution in [1.82, 2.24) is 14.8 Å². The van der Waals surface area contributed by atoms with Crippen LogP contribution in [0.1, 0.15) is 19.0 Å². The molecule has 1 aliphatic rings. The Balaban J connectivity index is 2.00. The molecule has 1 aromatic rings. The third-order valence-electron chi connectivity index (χ3n) is 3.93. The SMILES string of the molecule is CC(C(=O)O)N(C)C(=O)C1CC(=O)N(Cc2ccccn2)C1. The maximum Gasteiger partial charge on any atom is 0.326 e. The third-order valence-corrected chi connectivity index (χ3v) is 3.93. The van der Waals surface area contributed by atoms with E-state index in [0.29, 0.717) is 13.1 Å². The molecule has 0 aliphatic carbocycles. The van der Waals surface area contributed by atoms with Crippen LogP contribution in [0.3, 0.4) is 0 Å². The van der Waals surface area contributed by atoms with E-state index >= 15 is 0 Å². The summed E-state index contributed by atoms with van der Waals surface area (Å²) in [7, 11) is 1.45. The van der Waals surface area contributed by atoms with Crippen molar-refractivity contribution in [2.45, 2.75) is 25.9 Å². The average molecular weight is 305 g/mol. The number of likely N-dealkylation sites (tertiary alicyclic amines) is 1. The second kappa shape index (κ2) is 6.55. The summed E-state index contributed by atoms with van der Waals surface area (Å²) in [6.07, 6.45) is 1.77. The number of aromatic nitrogens is 1. The van der Waals surface area contributed by atoms with Crippen molar-refractivity contribution in [3.8, 4) is 0 Å². The molecule has 2 rings (SSSR count). The molecule has 1 saturated heterocycles. The van der Waals surface area contributed by atoms with Gasteiger partial charge in [0.25, 0.3) is 0 Å². The molecule has 0 bridgehead atoms. The van der Waals surface area contributed by atoms with Gasteiger partial charge in [0.2, 0.25) is 11.8 Å². The van der Waals surface area contributed by atoms with E-state index in [4.69, 9.17) is 5.11 Å². The summed E-state index contributed by atoms with van der Waals surface area (Å²) in [5.41, 5.74) is 0.760. The van der Waals surface area contributed by atoms with Crippen LogP contribution in [0.15, 0.2) is 24.4 Å². The van der Waals surface area contributed by atoms with E-state index < -0.39 is 17.9 Å². The predicted molar refractivity (Wildman–Crippen MR) is 77.6 cm³/mol. The first-order chi connectivity index (χ1) is 10.4. The van der Waals surface area contributed by atoms with Gasteiger partial charge in [0.1, 0.15) is 6.04 Å². The monoisotopic (exact) mass is 305 g/mol. The highest BCUT2D eigenvalue weighted by Gasteiger charge is 2.37. The highest BCUT2D eigenvalue weighted by molar-refractivity contribution is 5.91. The molecule has 1 aliphatic heterocycles. The lowest BCUT2D eigenvalue weighted by Gasteiger charge is -2.24. The van der Waals surface area contributed by atoms with Gasteiger partial charge < -0.3 is 14.9 Å². The topological polar surface area (TPSA) is 90.8 Å². The molecule has 0 aromatic carbocycles. The minimum Gasteiger partial charge on any atom is -0.480 e. The highest BCUT2D eigenvalue weighted by Crippen LogP contribution is 2.22. The molecular formula is C15H19N3O4. The Morgan fingerprint density at radius 1 is 1.50 bits per heavy atom. The van der Waals surface area contributed by atoms with Crippen molar-refractivity contribution in [2.75, 3.05) is 13.6 Å². The van der Waals surface area contributed by atoms with Crippen LogP contribution in [0.4, 0.5) is 0 Å². The number of carbonyl (C=O) groups excluding carboxylic acids is 2. The fraction of sp³-hybridized carbons (Fsp3) is 0.467. The quantitative estimate of drug-likeness (QED) is 0.848. The van der Waals surface area contributed by atoms with Gasteiger partial charge in [-0.1, -0.05) is 6.07 Å². The Labute approximate surface area is 128 Å². The average Bonchev–Trinajstić information content (AvgIpc) is 2.87. The fourth-order valence-corrected chi connectivity index (χ4v) is 2.42. The van der Waals surface area contributed by atoms with Gasteiger partial charge in [0.05, 0.1) is 18.2 Å². The first-order valence-corrected chi connectivity index (χ1v) is 7.07. The second-order valence-electron chi connectivity index (χ2n) is 5.46. The maximum atomic E-state index is 12.3. The number of hydrogen-bond acceptors (Lipinski definition) is 4. The van der Waals surface area contributed by atoms with E-state index in [-0.39, 0.29) is 18.2 Å². The molecule has 22 heavy (non-hydrogen) atoms. The number of carbonyl (C=O) groups is 3. The van der Waals surface area contributed by atoms with Gasteiger partial charge in [-0.05, 0) is 19.1 Å². The number of rotatable bonds is 5. The van der Waals surface area contributed by atoms with Gasteiger partial charge in [-0.3, -0.25) is 14.6 Å². The van der Waals surface area contributed by atoms with Crippen LogP contribution in [0, 0.1) is 5.92 Å². The smallest absolute Gasteiger partial charge is 0.326 e. The largest absolute Gasteiger partial charge is 0.480 e. The van der Waals surface area contributed by atoms with Gasteiger partial charge in [0.15, 0.2) is 0 Å². The van der Waals surface area contributed by atoms with Crippen molar-refractivity contribution in [1.29, 1.82) is 0 Å². The van der Waals surface area contributed by atoms with Crippen molar-refractivity contribution in [2.24, 2.45) is 5.92 Å². The molecule has 118 valence electrons. The molecule has 2 unspecified atom stereocenters. The minimum atomic E-state index is -1.06. The summed E-state index contributed by atoms with van der Waals surface area (Å²) >= 11 is 0. The Hall–Kier alpha value is -2.44. The van der Waals surface area contributed by atoms with Crippen molar-refractivity contribution in [3.63, 3.8) is 0 Å². The van der Waals surface area contributed by atoms with Crippen molar-refractivity contribution < 1.29 is 19.5 Å². The van der Waals surface area contributed by atoms with Gasteiger partial charge in [-0.15, -0.1) is 0 Å². The number of carboxylic acids is 1. The van der Waals surface area contributed by atoms with Crippen LogP contribution in [0.2, 0.25) is 0 Å². The molecule has 1 N–H and O–H groups in total. The number of pyridine rings is 1. The highest BCUT2D eigenvalue weighted by atomic mass is 16.4. The normalized spacial score (nSPS) is 19.1. The lowest BCUT2D eigenvalue weighted by molar-refractivity contribution is -0.149. The first-order valence-electron chi connectivity index (χ1n) is 7.07. The maximum absolute atomic E-state index is 12.3. The standard InChI is InChI=1S/C15H19N3O4/c1-10(15(21)22)17(2)14(20)11-7-13(19)18(8-11)9-12-5-3-4-6-16-12/h3-6,10-11H,7-9H2,1-2H3,(H,21,22). The molecule has 7 nitrogen and oxygen atoms in total. The molecule has 1 aromatic heterocycles. The van der Waals surface area contributed by atoms with Gasteiger partial charge in [-0.2, -0.15) is 0 Å². The zero-order chi connectivity index (χ0) is 16.3. The summed E-state index contributed by atoms with van der Waals surface area (Å²) < 4.78 is 0. The van der Waals surface area contributed by atoms with E-state index in [0.717, 1.165) is 5.69 Å². The van der Waals surface area contributed by atoms with Crippen molar-refractivity contribution >= 4 is 17.8 Å². The molecule has 2 heterocycles. The van der Waals surface area contributed by atoms with Crippen LogP contribution in [0.25, 0.3) is 0 Å². The number of aliphatic carboxylic acids is 1. The summed E-state index contributed by atoms with van der Waals surface area (Å²) in [5, 5.41) is 8.96. The lowest BCUT2D eigenvalue weighted by atomic mass is 10.1. The van der Waals surface area contributed by atoms with E-state index in [1.807, 2.05) is 12.1 Å². The number of amides is 2. The van der Waals surface area contributed by atoms with Crippen molar-refractivity contribution in [3.05, 3.63) is 30.1 Å². The Bertz CT molecular complexity index is 575. The number of hydrogen-bond donors (Lipinski definition) is 1. The van der Waals surface area contributed by atoms with Crippen LogP contribution in [-0.4, -0.2) is 57.3 Å². The molecule has 7 heteroatoms. The number of carboxylic acid groups (broad SMARTS) is 1. The summed E-state index contributed by atoms with van der Waals surface area (Å²) in [6, 6.07) is 4.55. The van der Waals surface area contributed by atoms with E-state index in [9.17, 15) is 14.4 Å². The number of likely N-dealkylation sites (N-methyl/N-ethyl adjacent to an activating group) is 1. The fourth-order valence-electron chi connectivity index (χ4n) is 2.42. The molecule has 2 atom stereocenters. The van der Waals surface area contributed by atoms with Crippen LogP contribution in [0.5, 0.6) is 0 Å². The van der Waals surface area contributed by atoms with Gasteiger partial charge in [0, 0.05) is 26.2 Å². The van der Waals surface area contributed by atoms with Gasteiger partial charge in [-0.25, -0.2) is 4.79 Å². The molecule has 0 saturated carbocycles. The van der Waals surface area contributed by atoms with E-state index in [1.165, 1.54) is 18.9 Å². The molecule has 0 spiro atoms. The molecule has 2 amide bonds. The summed E-state index contributed by atoms with van der Waals surface area (Å²) in [4.78, 5) is 42.2.